The van der Waals surface area contributed by atoms with Crippen molar-refractivity contribution >= 4 is 5.97 Å². The Labute approximate surface area is 109 Å². The zero-order valence-electron chi connectivity index (χ0n) is 11.3. The number of hydrogen-bond donors (Lipinski definition) is 0. The summed E-state index contributed by atoms with van der Waals surface area (Å²) < 4.78 is 10.1. The molecule has 0 spiro atoms. The molecule has 2 aliphatic heterocycles. The van der Waals surface area contributed by atoms with Gasteiger partial charge in [-0.3, -0.25) is 9.69 Å². The lowest BCUT2D eigenvalue weighted by Crippen LogP contribution is -2.44. The molecule has 0 atom stereocenters. The fraction of sp³-hybridized carbons (Fsp3) is 0.923. The monoisotopic (exact) mass is 256 g/mol. The first-order valence-corrected chi connectivity index (χ1v) is 6.90. The number of rotatable bonds is 4. The fourth-order valence-corrected chi connectivity index (χ4v) is 2.67. The van der Waals surface area contributed by atoms with Crippen molar-refractivity contribution in [2.75, 3.05) is 59.6 Å². The molecule has 18 heavy (non-hydrogen) atoms. The van der Waals surface area contributed by atoms with Gasteiger partial charge in [-0.25, -0.2) is 0 Å². The highest BCUT2D eigenvalue weighted by molar-refractivity contribution is 5.72. The summed E-state index contributed by atoms with van der Waals surface area (Å²) in [4.78, 5) is 16.3. The predicted octanol–water partition coefficient (Wildman–Crippen LogP) is 0.204. The van der Waals surface area contributed by atoms with E-state index in [-0.39, 0.29) is 11.9 Å². The molecule has 0 aromatic heterocycles. The highest BCUT2D eigenvalue weighted by atomic mass is 16.5. The third-order valence-corrected chi connectivity index (χ3v) is 3.96. The molecule has 0 bridgehead atoms. The molecule has 0 aromatic carbocycles. The largest absolute Gasteiger partial charge is 0.469 e. The maximum absolute atomic E-state index is 11.4. The van der Waals surface area contributed by atoms with E-state index in [0.29, 0.717) is 0 Å². The molecule has 2 fully saturated rings. The van der Waals surface area contributed by atoms with Crippen LogP contribution in [0.2, 0.25) is 0 Å². The van der Waals surface area contributed by atoms with Crippen LogP contribution in [0.25, 0.3) is 0 Å². The summed E-state index contributed by atoms with van der Waals surface area (Å²) in [6, 6.07) is 0. The molecular formula is C13H24N2O3. The lowest BCUT2D eigenvalue weighted by atomic mass is 9.97. The zero-order chi connectivity index (χ0) is 12.8. The van der Waals surface area contributed by atoms with E-state index in [1.54, 1.807) is 0 Å². The van der Waals surface area contributed by atoms with Gasteiger partial charge in [-0.15, -0.1) is 0 Å². The van der Waals surface area contributed by atoms with Crippen LogP contribution in [0.15, 0.2) is 0 Å². The maximum Gasteiger partial charge on any atom is 0.308 e. The molecule has 0 aromatic rings. The van der Waals surface area contributed by atoms with Gasteiger partial charge < -0.3 is 14.4 Å². The number of carbonyl (C=O) groups is 1. The molecular weight excluding hydrogens is 232 g/mol. The van der Waals surface area contributed by atoms with E-state index < -0.39 is 0 Å². The van der Waals surface area contributed by atoms with Gasteiger partial charge in [-0.1, -0.05) is 0 Å². The van der Waals surface area contributed by atoms with Crippen molar-refractivity contribution in [2.45, 2.75) is 12.8 Å². The van der Waals surface area contributed by atoms with Gasteiger partial charge in [0.25, 0.3) is 0 Å². The van der Waals surface area contributed by atoms with Crippen LogP contribution >= 0.6 is 0 Å². The number of nitrogens with zero attached hydrogens (tertiary/aromatic N) is 2. The van der Waals surface area contributed by atoms with E-state index in [4.69, 9.17) is 9.47 Å². The number of carbonyl (C=O) groups excluding carboxylic acids is 1. The van der Waals surface area contributed by atoms with E-state index in [1.165, 1.54) is 7.11 Å². The van der Waals surface area contributed by atoms with Crippen LogP contribution < -0.4 is 0 Å². The zero-order valence-corrected chi connectivity index (χ0v) is 11.3. The van der Waals surface area contributed by atoms with Crippen LogP contribution in [0.4, 0.5) is 0 Å². The van der Waals surface area contributed by atoms with Crippen molar-refractivity contribution in [2.24, 2.45) is 5.92 Å². The normalized spacial score (nSPS) is 24.1. The van der Waals surface area contributed by atoms with Crippen LogP contribution in [0.1, 0.15) is 12.8 Å². The average molecular weight is 256 g/mol. The number of likely N-dealkylation sites (tertiary alicyclic amines) is 1. The third kappa shape index (κ3) is 3.93. The Hall–Kier alpha value is -0.650. The molecule has 5 nitrogen and oxygen atoms in total. The summed E-state index contributed by atoms with van der Waals surface area (Å²) in [5.41, 5.74) is 0. The average Bonchev–Trinajstić information content (AvgIpc) is 2.46. The van der Waals surface area contributed by atoms with Crippen molar-refractivity contribution in [3.05, 3.63) is 0 Å². The Bertz CT molecular complexity index is 259. The third-order valence-electron chi connectivity index (χ3n) is 3.96. The van der Waals surface area contributed by atoms with E-state index >= 15 is 0 Å². The minimum Gasteiger partial charge on any atom is -0.469 e. The highest BCUT2D eigenvalue weighted by Gasteiger charge is 2.25. The molecule has 2 rings (SSSR count). The van der Waals surface area contributed by atoms with E-state index in [9.17, 15) is 4.79 Å². The van der Waals surface area contributed by atoms with Crippen molar-refractivity contribution in [1.82, 2.24) is 9.80 Å². The van der Waals surface area contributed by atoms with Gasteiger partial charge in [0.05, 0.1) is 26.2 Å². The number of morpholine rings is 1. The Morgan fingerprint density at radius 3 is 2.22 bits per heavy atom. The van der Waals surface area contributed by atoms with Crippen molar-refractivity contribution in [3.8, 4) is 0 Å². The molecule has 0 amide bonds. The van der Waals surface area contributed by atoms with E-state index in [2.05, 4.69) is 9.80 Å². The summed E-state index contributed by atoms with van der Waals surface area (Å²) in [5.74, 6) is 0.0810. The Morgan fingerprint density at radius 1 is 1.11 bits per heavy atom. The van der Waals surface area contributed by atoms with E-state index in [0.717, 1.165) is 65.3 Å². The second-order valence-electron chi connectivity index (χ2n) is 5.09. The SMILES string of the molecule is COC(=O)C1CCN(CCN2CCOCC2)CC1. The minimum absolute atomic E-state index is 0.0390. The molecule has 0 aliphatic carbocycles. The first kappa shape index (κ1) is 13.8. The van der Waals surface area contributed by atoms with Crippen molar-refractivity contribution < 1.29 is 14.3 Å². The molecule has 2 heterocycles. The molecule has 0 unspecified atom stereocenters. The lowest BCUT2D eigenvalue weighted by Gasteiger charge is -2.33. The van der Waals surface area contributed by atoms with Gasteiger partial charge in [-0.2, -0.15) is 0 Å². The summed E-state index contributed by atoms with van der Waals surface area (Å²) in [6.45, 7) is 8.10. The first-order valence-electron chi connectivity index (χ1n) is 6.90. The first-order chi connectivity index (χ1) is 8.79. The summed E-state index contributed by atoms with van der Waals surface area (Å²) in [6.07, 6.45) is 1.88. The Balaban J connectivity index is 1.62. The fourth-order valence-electron chi connectivity index (χ4n) is 2.67. The molecule has 5 heteroatoms. The number of piperidine rings is 1. The van der Waals surface area contributed by atoms with Crippen LogP contribution in [-0.4, -0.2) is 75.4 Å². The molecule has 0 N–H and O–H groups in total. The molecule has 2 aliphatic rings. The van der Waals surface area contributed by atoms with Crippen LogP contribution in [0.5, 0.6) is 0 Å². The summed E-state index contributed by atoms with van der Waals surface area (Å²) in [5, 5.41) is 0. The molecule has 0 radical (unpaired) electrons. The van der Waals surface area contributed by atoms with Crippen LogP contribution in [0, 0.1) is 5.92 Å². The highest BCUT2D eigenvalue weighted by Crippen LogP contribution is 2.18. The number of ether oxygens (including phenoxy) is 2. The van der Waals surface area contributed by atoms with E-state index in [1.807, 2.05) is 0 Å². The number of methoxy groups -OCH3 is 1. The van der Waals surface area contributed by atoms with Gasteiger partial charge in [0.2, 0.25) is 0 Å². The maximum atomic E-state index is 11.4. The molecule has 0 saturated carbocycles. The Kier molecular flexibility index (Phi) is 5.41. The van der Waals surface area contributed by atoms with Gasteiger partial charge in [-0.05, 0) is 25.9 Å². The smallest absolute Gasteiger partial charge is 0.308 e. The van der Waals surface area contributed by atoms with Gasteiger partial charge >= 0.3 is 5.97 Å². The van der Waals surface area contributed by atoms with Gasteiger partial charge in [0.1, 0.15) is 0 Å². The standard InChI is InChI=1S/C13H24N2O3/c1-17-13(16)12-2-4-14(5-3-12)6-7-15-8-10-18-11-9-15/h12H,2-11H2,1H3. The molecule has 104 valence electrons. The Morgan fingerprint density at radius 2 is 1.67 bits per heavy atom. The molecule has 2 saturated heterocycles. The van der Waals surface area contributed by atoms with Gasteiger partial charge in [0, 0.05) is 26.2 Å². The van der Waals surface area contributed by atoms with Crippen molar-refractivity contribution in [1.29, 1.82) is 0 Å². The van der Waals surface area contributed by atoms with Crippen LogP contribution in [-0.2, 0) is 14.3 Å². The number of esters is 1. The second-order valence-corrected chi connectivity index (χ2v) is 5.09. The predicted molar refractivity (Wildman–Crippen MR) is 68.4 cm³/mol. The van der Waals surface area contributed by atoms with Crippen LogP contribution in [0.3, 0.4) is 0 Å². The van der Waals surface area contributed by atoms with Crippen molar-refractivity contribution in [3.63, 3.8) is 0 Å². The lowest BCUT2D eigenvalue weighted by molar-refractivity contribution is -0.147. The minimum atomic E-state index is -0.0390. The summed E-state index contributed by atoms with van der Waals surface area (Å²) in [7, 11) is 1.48. The number of hydrogen-bond acceptors (Lipinski definition) is 5. The topological polar surface area (TPSA) is 42.0 Å². The quantitative estimate of drug-likeness (QED) is 0.672. The second kappa shape index (κ2) is 7.07. The summed E-state index contributed by atoms with van der Waals surface area (Å²) >= 11 is 0. The van der Waals surface area contributed by atoms with Gasteiger partial charge in [0.15, 0.2) is 0 Å².